The van der Waals surface area contributed by atoms with Crippen LogP contribution in [0.25, 0.3) is 0 Å². The van der Waals surface area contributed by atoms with Gasteiger partial charge in [-0.25, -0.2) is 4.98 Å². The van der Waals surface area contributed by atoms with Crippen LogP contribution in [-0.4, -0.2) is 28.9 Å². The van der Waals surface area contributed by atoms with Crippen LogP contribution in [0.15, 0.2) is 29.6 Å². The fourth-order valence-electron chi connectivity index (χ4n) is 2.89. The first-order valence-corrected chi connectivity index (χ1v) is 8.85. The molecule has 1 fully saturated rings. The van der Waals surface area contributed by atoms with Crippen LogP contribution in [0.3, 0.4) is 0 Å². The first kappa shape index (κ1) is 16.0. The minimum Gasteiger partial charge on any atom is -0.379 e. The van der Waals surface area contributed by atoms with Crippen molar-refractivity contribution in [2.75, 3.05) is 18.4 Å². The van der Waals surface area contributed by atoms with Gasteiger partial charge in [0.25, 0.3) is 5.91 Å². The number of nitrogens with zero attached hydrogens (tertiary/aromatic N) is 2. The van der Waals surface area contributed by atoms with Crippen LogP contribution in [0.1, 0.15) is 41.3 Å². The molecular formula is C18H23N3OS. The number of carbonyl (C=O) groups excluding carboxylic acids is 1. The van der Waals surface area contributed by atoms with E-state index in [1.807, 2.05) is 41.5 Å². The summed E-state index contributed by atoms with van der Waals surface area (Å²) in [6.07, 6.45) is 1.07. The van der Waals surface area contributed by atoms with Crippen molar-refractivity contribution in [3.05, 3.63) is 45.9 Å². The normalized spacial score (nSPS) is 16.6. The molecule has 1 aliphatic heterocycles. The van der Waals surface area contributed by atoms with Gasteiger partial charge in [-0.15, -0.1) is 11.3 Å². The van der Waals surface area contributed by atoms with Crippen molar-refractivity contribution < 1.29 is 4.79 Å². The van der Waals surface area contributed by atoms with Crippen molar-refractivity contribution in [1.29, 1.82) is 0 Å². The zero-order valence-corrected chi connectivity index (χ0v) is 14.7. The highest BCUT2D eigenvalue weighted by atomic mass is 32.1. The van der Waals surface area contributed by atoms with E-state index < -0.39 is 0 Å². The van der Waals surface area contributed by atoms with Crippen LogP contribution < -0.4 is 5.32 Å². The third kappa shape index (κ3) is 3.91. The van der Waals surface area contributed by atoms with Crippen LogP contribution in [-0.2, 0) is 6.54 Å². The predicted molar refractivity (Wildman–Crippen MR) is 94.9 cm³/mol. The number of hydrogen-bond acceptors (Lipinski definition) is 4. The van der Waals surface area contributed by atoms with Crippen LogP contribution in [0.4, 0.5) is 5.69 Å². The van der Waals surface area contributed by atoms with E-state index in [1.165, 1.54) is 0 Å². The van der Waals surface area contributed by atoms with Crippen molar-refractivity contribution >= 4 is 22.9 Å². The molecule has 0 bridgehead atoms. The molecule has 1 N–H and O–H groups in total. The van der Waals surface area contributed by atoms with Crippen molar-refractivity contribution in [2.24, 2.45) is 5.41 Å². The second-order valence-corrected chi connectivity index (χ2v) is 7.90. The highest BCUT2D eigenvalue weighted by Gasteiger charge is 2.32. The molecule has 2 aromatic rings. The van der Waals surface area contributed by atoms with E-state index in [2.05, 4.69) is 24.1 Å². The summed E-state index contributed by atoms with van der Waals surface area (Å²) in [7, 11) is 0. The average molecular weight is 329 g/mol. The summed E-state index contributed by atoms with van der Waals surface area (Å²) in [5, 5.41) is 6.46. The van der Waals surface area contributed by atoms with Gasteiger partial charge in [-0.3, -0.25) is 4.79 Å². The van der Waals surface area contributed by atoms with Crippen molar-refractivity contribution in [2.45, 2.75) is 33.7 Å². The zero-order valence-electron chi connectivity index (χ0n) is 13.9. The molecule has 4 nitrogen and oxygen atoms in total. The van der Waals surface area contributed by atoms with Gasteiger partial charge in [0.2, 0.25) is 0 Å². The van der Waals surface area contributed by atoms with Crippen molar-refractivity contribution in [3.8, 4) is 0 Å². The second-order valence-electron chi connectivity index (χ2n) is 6.96. The fraction of sp³-hybridized carbons (Fsp3) is 0.444. The van der Waals surface area contributed by atoms with Gasteiger partial charge in [0.15, 0.2) is 0 Å². The highest BCUT2D eigenvalue weighted by Crippen LogP contribution is 2.30. The number of rotatable bonds is 4. The lowest BCUT2D eigenvalue weighted by atomic mass is 9.93. The Hall–Kier alpha value is -1.88. The molecule has 0 saturated carbocycles. The monoisotopic (exact) mass is 329 g/mol. The summed E-state index contributed by atoms with van der Waals surface area (Å²) in [4.78, 5) is 19.1. The molecular weight excluding hydrogens is 306 g/mol. The van der Waals surface area contributed by atoms with E-state index in [0.29, 0.717) is 6.54 Å². The minimum atomic E-state index is 0.129. The van der Waals surface area contributed by atoms with Gasteiger partial charge < -0.3 is 10.2 Å². The molecule has 23 heavy (non-hydrogen) atoms. The third-order valence-electron chi connectivity index (χ3n) is 4.18. The molecule has 3 rings (SSSR count). The number of anilines is 1. The lowest BCUT2D eigenvalue weighted by Crippen LogP contribution is -2.30. The third-order valence-corrected chi connectivity index (χ3v) is 5.15. The van der Waals surface area contributed by atoms with Crippen molar-refractivity contribution in [1.82, 2.24) is 9.88 Å². The standard InChI is InChI=1S/C18H23N3OS/c1-13-11-23-16(20-13)10-19-15-6-4-5-14(9-15)17(22)21-8-7-18(2,3)12-21/h4-6,9,11,19H,7-8,10,12H2,1-3H3. The van der Waals surface area contributed by atoms with Gasteiger partial charge in [-0.2, -0.15) is 0 Å². The molecule has 2 heterocycles. The van der Waals surface area contributed by atoms with Crippen LogP contribution >= 0.6 is 11.3 Å². The predicted octanol–water partition coefficient (Wildman–Crippen LogP) is 3.94. The quantitative estimate of drug-likeness (QED) is 0.924. The Bertz CT molecular complexity index is 708. The molecule has 1 aromatic heterocycles. The Morgan fingerprint density at radius 1 is 1.43 bits per heavy atom. The number of likely N-dealkylation sites (tertiary alicyclic amines) is 1. The van der Waals surface area contributed by atoms with Gasteiger partial charge in [-0.1, -0.05) is 19.9 Å². The maximum absolute atomic E-state index is 12.7. The summed E-state index contributed by atoms with van der Waals surface area (Å²) in [6, 6.07) is 7.76. The summed E-state index contributed by atoms with van der Waals surface area (Å²) >= 11 is 1.65. The number of aromatic nitrogens is 1. The van der Waals surface area contributed by atoms with E-state index in [4.69, 9.17) is 0 Å². The molecule has 1 aromatic carbocycles. The first-order valence-electron chi connectivity index (χ1n) is 7.97. The maximum Gasteiger partial charge on any atom is 0.253 e. The number of nitrogens with one attached hydrogen (secondary N) is 1. The van der Waals surface area contributed by atoms with Crippen molar-refractivity contribution in [3.63, 3.8) is 0 Å². The van der Waals surface area contributed by atoms with Gasteiger partial charge in [0.1, 0.15) is 5.01 Å². The first-order chi connectivity index (χ1) is 10.9. The van der Waals surface area contributed by atoms with Gasteiger partial charge in [0, 0.05) is 35.4 Å². The Morgan fingerprint density at radius 3 is 2.91 bits per heavy atom. The Balaban J connectivity index is 1.66. The molecule has 5 heteroatoms. The largest absolute Gasteiger partial charge is 0.379 e. The van der Waals surface area contributed by atoms with Gasteiger partial charge in [0.05, 0.1) is 6.54 Å². The summed E-state index contributed by atoms with van der Waals surface area (Å²) in [5.74, 6) is 0.129. The number of amides is 1. The fourth-order valence-corrected chi connectivity index (χ4v) is 3.60. The summed E-state index contributed by atoms with van der Waals surface area (Å²) < 4.78 is 0. The second kappa shape index (κ2) is 6.32. The summed E-state index contributed by atoms with van der Waals surface area (Å²) in [5.41, 5.74) is 2.99. The maximum atomic E-state index is 12.7. The number of benzene rings is 1. The number of hydrogen-bond donors (Lipinski definition) is 1. The molecule has 122 valence electrons. The molecule has 0 spiro atoms. The SMILES string of the molecule is Cc1csc(CNc2cccc(C(=O)N3CCC(C)(C)C3)c2)n1. The minimum absolute atomic E-state index is 0.129. The zero-order chi connectivity index (χ0) is 16.4. The Labute approximate surface area is 141 Å². The van der Waals surface area contributed by atoms with Crippen LogP contribution in [0, 0.1) is 12.3 Å². The number of aryl methyl sites for hydroxylation is 1. The average Bonchev–Trinajstić information content (AvgIpc) is 3.10. The number of thiazole rings is 1. The van der Waals surface area contributed by atoms with E-state index in [-0.39, 0.29) is 11.3 Å². The van der Waals surface area contributed by atoms with Gasteiger partial charge in [-0.05, 0) is 37.0 Å². The van der Waals surface area contributed by atoms with Crippen LogP contribution in [0.5, 0.6) is 0 Å². The van der Waals surface area contributed by atoms with Crippen LogP contribution in [0.2, 0.25) is 0 Å². The molecule has 0 atom stereocenters. The topological polar surface area (TPSA) is 45.2 Å². The highest BCUT2D eigenvalue weighted by molar-refractivity contribution is 7.09. The molecule has 0 aliphatic carbocycles. The van der Waals surface area contributed by atoms with E-state index >= 15 is 0 Å². The lowest BCUT2D eigenvalue weighted by Gasteiger charge is -2.20. The Kier molecular flexibility index (Phi) is 4.39. The Morgan fingerprint density at radius 2 is 2.26 bits per heavy atom. The lowest BCUT2D eigenvalue weighted by molar-refractivity contribution is 0.0778. The van der Waals surface area contributed by atoms with Gasteiger partial charge >= 0.3 is 0 Å². The number of carbonyl (C=O) groups is 1. The molecule has 0 radical (unpaired) electrons. The summed E-state index contributed by atoms with van der Waals surface area (Å²) in [6.45, 7) is 8.80. The van der Waals surface area contributed by atoms with E-state index in [0.717, 1.165) is 41.5 Å². The molecule has 1 aliphatic rings. The molecule has 0 unspecified atom stereocenters. The smallest absolute Gasteiger partial charge is 0.253 e. The van der Waals surface area contributed by atoms with E-state index in [9.17, 15) is 4.79 Å². The molecule has 1 amide bonds. The molecule has 1 saturated heterocycles. The van der Waals surface area contributed by atoms with E-state index in [1.54, 1.807) is 11.3 Å².